The second-order valence-corrected chi connectivity index (χ2v) is 6.64. The van der Waals surface area contributed by atoms with E-state index in [4.69, 9.17) is 4.74 Å². The highest BCUT2D eigenvalue weighted by molar-refractivity contribution is 4.96. The van der Waals surface area contributed by atoms with Gasteiger partial charge in [-0.25, -0.2) is 0 Å². The summed E-state index contributed by atoms with van der Waals surface area (Å²) < 4.78 is 6.30. The Kier molecular flexibility index (Phi) is 6.15. The van der Waals surface area contributed by atoms with Crippen molar-refractivity contribution in [2.24, 2.45) is 5.92 Å². The summed E-state index contributed by atoms with van der Waals surface area (Å²) in [5.74, 6) is 0.936. The van der Waals surface area contributed by atoms with Gasteiger partial charge in [-0.1, -0.05) is 51.4 Å². The van der Waals surface area contributed by atoms with Gasteiger partial charge in [0.1, 0.15) is 0 Å². The average molecular weight is 267 g/mol. The van der Waals surface area contributed by atoms with Gasteiger partial charge in [-0.3, -0.25) is 0 Å². The summed E-state index contributed by atoms with van der Waals surface area (Å²) >= 11 is 0. The molecule has 0 bridgehead atoms. The fourth-order valence-corrected chi connectivity index (χ4v) is 4.38. The molecule has 2 rings (SSSR count). The zero-order valence-electron chi connectivity index (χ0n) is 13.0. The minimum absolute atomic E-state index is 0.138. The Labute approximate surface area is 119 Å². The SMILES string of the molecule is CCOC1(C(CC2CCCCC2)NC)CCCCC1. The zero-order chi connectivity index (χ0) is 13.6. The second-order valence-electron chi connectivity index (χ2n) is 6.64. The monoisotopic (exact) mass is 267 g/mol. The highest BCUT2D eigenvalue weighted by atomic mass is 16.5. The quantitative estimate of drug-likeness (QED) is 0.775. The van der Waals surface area contributed by atoms with Gasteiger partial charge in [0.2, 0.25) is 0 Å². The van der Waals surface area contributed by atoms with E-state index in [1.165, 1.54) is 70.6 Å². The molecule has 1 unspecified atom stereocenters. The number of rotatable bonds is 6. The molecule has 0 radical (unpaired) electrons. The zero-order valence-corrected chi connectivity index (χ0v) is 13.0. The topological polar surface area (TPSA) is 21.3 Å². The summed E-state index contributed by atoms with van der Waals surface area (Å²) in [7, 11) is 2.14. The molecule has 0 aliphatic heterocycles. The van der Waals surface area contributed by atoms with Gasteiger partial charge in [-0.2, -0.15) is 0 Å². The molecule has 2 fully saturated rings. The molecule has 0 aromatic heterocycles. The number of hydrogen-bond acceptors (Lipinski definition) is 2. The lowest BCUT2D eigenvalue weighted by molar-refractivity contribution is -0.0935. The molecule has 2 heteroatoms. The lowest BCUT2D eigenvalue weighted by Gasteiger charge is -2.44. The first-order chi connectivity index (χ1) is 9.30. The Morgan fingerprint density at radius 3 is 2.26 bits per heavy atom. The number of ether oxygens (including phenoxy) is 1. The first-order valence-corrected chi connectivity index (χ1v) is 8.62. The lowest BCUT2D eigenvalue weighted by Crippen LogP contribution is -2.53. The van der Waals surface area contributed by atoms with Crippen LogP contribution in [0.25, 0.3) is 0 Å². The van der Waals surface area contributed by atoms with E-state index < -0.39 is 0 Å². The molecule has 0 amide bonds. The fourth-order valence-electron chi connectivity index (χ4n) is 4.38. The molecule has 0 aromatic carbocycles. The molecular weight excluding hydrogens is 234 g/mol. The molecular formula is C17H33NO. The third-order valence-corrected chi connectivity index (χ3v) is 5.41. The fraction of sp³-hybridized carbons (Fsp3) is 1.00. The summed E-state index contributed by atoms with van der Waals surface area (Å²) in [4.78, 5) is 0. The lowest BCUT2D eigenvalue weighted by atomic mass is 9.74. The molecule has 0 spiro atoms. The number of likely N-dealkylation sites (N-methyl/N-ethyl adjacent to an activating group) is 1. The van der Waals surface area contributed by atoms with E-state index in [2.05, 4.69) is 19.3 Å². The van der Waals surface area contributed by atoms with Gasteiger partial charge in [0.05, 0.1) is 5.60 Å². The van der Waals surface area contributed by atoms with Crippen molar-refractivity contribution in [3.05, 3.63) is 0 Å². The highest BCUT2D eigenvalue weighted by Gasteiger charge is 2.40. The predicted octanol–water partition coefficient (Wildman–Crippen LogP) is 4.28. The molecule has 1 atom stereocenters. The van der Waals surface area contributed by atoms with E-state index >= 15 is 0 Å². The van der Waals surface area contributed by atoms with Crippen LogP contribution >= 0.6 is 0 Å². The van der Waals surface area contributed by atoms with Crippen molar-refractivity contribution in [3.8, 4) is 0 Å². The van der Waals surface area contributed by atoms with Gasteiger partial charge >= 0.3 is 0 Å². The molecule has 0 aromatic rings. The van der Waals surface area contributed by atoms with Crippen LogP contribution in [0.2, 0.25) is 0 Å². The molecule has 112 valence electrons. The van der Waals surface area contributed by atoms with E-state index in [-0.39, 0.29) is 5.60 Å². The molecule has 0 saturated heterocycles. The Bertz CT molecular complexity index is 236. The van der Waals surface area contributed by atoms with E-state index in [0.29, 0.717) is 6.04 Å². The standard InChI is InChI=1S/C17H33NO/c1-3-19-17(12-8-5-9-13-17)16(18-2)14-15-10-6-4-7-11-15/h15-16,18H,3-14H2,1-2H3. The largest absolute Gasteiger partial charge is 0.374 e. The summed E-state index contributed by atoms with van der Waals surface area (Å²) in [6.45, 7) is 3.02. The van der Waals surface area contributed by atoms with Crippen LogP contribution in [0, 0.1) is 5.92 Å². The predicted molar refractivity (Wildman–Crippen MR) is 81.5 cm³/mol. The van der Waals surface area contributed by atoms with Crippen molar-refractivity contribution in [2.75, 3.05) is 13.7 Å². The molecule has 2 aliphatic rings. The molecule has 0 heterocycles. The van der Waals surface area contributed by atoms with Crippen molar-refractivity contribution in [2.45, 2.75) is 89.2 Å². The molecule has 2 nitrogen and oxygen atoms in total. The third kappa shape index (κ3) is 3.95. The van der Waals surface area contributed by atoms with Crippen LogP contribution in [-0.2, 0) is 4.74 Å². The van der Waals surface area contributed by atoms with E-state index in [1.54, 1.807) is 0 Å². The van der Waals surface area contributed by atoms with Gasteiger partial charge in [0.15, 0.2) is 0 Å². The van der Waals surface area contributed by atoms with Crippen molar-refractivity contribution >= 4 is 0 Å². The van der Waals surface area contributed by atoms with Crippen LogP contribution < -0.4 is 5.32 Å². The minimum Gasteiger partial charge on any atom is -0.374 e. The molecule has 2 aliphatic carbocycles. The van der Waals surface area contributed by atoms with Gasteiger partial charge in [0, 0.05) is 12.6 Å². The van der Waals surface area contributed by atoms with E-state index in [1.807, 2.05) is 0 Å². The van der Waals surface area contributed by atoms with Crippen LogP contribution in [0.3, 0.4) is 0 Å². The first kappa shape index (κ1) is 15.3. The van der Waals surface area contributed by atoms with Crippen LogP contribution in [0.1, 0.15) is 77.6 Å². The molecule has 2 saturated carbocycles. The maximum Gasteiger partial charge on any atom is 0.0834 e. The third-order valence-electron chi connectivity index (χ3n) is 5.41. The first-order valence-electron chi connectivity index (χ1n) is 8.62. The summed E-state index contributed by atoms with van der Waals surface area (Å²) in [6.07, 6.45) is 15.2. The van der Waals surface area contributed by atoms with Crippen molar-refractivity contribution in [3.63, 3.8) is 0 Å². The number of hydrogen-bond donors (Lipinski definition) is 1. The molecule has 19 heavy (non-hydrogen) atoms. The Morgan fingerprint density at radius 1 is 1.05 bits per heavy atom. The second kappa shape index (κ2) is 7.64. The van der Waals surface area contributed by atoms with E-state index in [0.717, 1.165) is 12.5 Å². The summed E-state index contributed by atoms with van der Waals surface area (Å²) in [5.41, 5.74) is 0.138. The summed E-state index contributed by atoms with van der Waals surface area (Å²) in [6, 6.07) is 0.566. The average Bonchev–Trinajstić information content (AvgIpc) is 2.47. The highest BCUT2D eigenvalue weighted by Crippen LogP contribution is 2.38. The van der Waals surface area contributed by atoms with Crippen molar-refractivity contribution < 1.29 is 4.74 Å². The maximum absolute atomic E-state index is 6.30. The smallest absolute Gasteiger partial charge is 0.0834 e. The Morgan fingerprint density at radius 2 is 1.68 bits per heavy atom. The maximum atomic E-state index is 6.30. The van der Waals surface area contributed by atoms with Gasteiger partial charge in [0.25, 0.3) is 0 Å². The van der Waals surface area contributed by atoms with Crippen molar-refractivity contribution in [1.29, 1.82) is 0 Å². The van der Waals surface area contributed by atoms with Crippen LogP contribution in [0.15, 0.2) is 0 Å². The number of nitrogens with one attached hydrogen (secondary N) is 1. The molecule has 1 N–H and O–H groups in total. The normalized spacial score (nSPS) is 26.2. The van der Waals surface area contributed by atoms with Crippen LogP contribution in [-0.4, -0.2) is 25.3 Å². The van der Waals surface area contributed by atoms with Crippen LogP contribution in [0.4, 0.5) is 0 Å². The summed E-state index contributed by atoms with van der Waals surface area (Å²) in [5, 5.41) is 3.62. The minimum atomic E-state index is 0.138. The van der Waals surface area contributed by atoms with Gasteiger partial charge < -0.3 is 10.1 Å². The van der Waals surface area contributed by atoms with E-state index in [9.17, 15) is 0 Å². The van der Waals surface area contributed by atoms with Crippen LogP contribution in [0.5, 0.6) is 0 Å². The van der Waals surface area contributed by atoms with Gasteiger partial charge in [-0.15, -0.1) is 0 Å². The van der Waals surface area contributed by atoms with Crippen molar-refractivity contribution in [1.82, 2.24) is 5.32 Å². The Balaban J connectivity index is 1.98. The van der Waals surface area contributed by atoms with Gasteiger partial charge in [-0.05, 0) is 39.2 Å². The Hall–Kier alpha value is -0.0800.